The van der Waals surface area contributed by atoms with E-state index < -0.39 is 0 Å². The van der Waals surface area contributed by atoms with Gasteiger partial charge in [-0.3, -0.25) is 18.8 Å². The number of esters is 1. The van der Waals surface area contributed by atoms with Gasteiger partial charge in [0.1, 0.15) is 17.0 Å². The van der Waals surface area contributed by atoms with E-state index in [2.05, 4.69) is 4.98 Å². The van der Waals surface area contributed by atoms with E-state index in [-0.39, 0.29) is 23.4 Å². The summed E-state index contributed by atoms with van der Waals surface area (Å²) >= 11 is 0. The molecule has 1 fully saturated rings. The average Bonchev–Trinajstić information content (AvgIpc) is 3.06. The van der Waals surface area contributed by atoms with Crippen molar-refractivity contribution in [3.05, 3.63) is 46.0 Å². The lowest BCUT2D eigenvalue weighted by Gasteiger charge is -2.31. The SMILES string of the molecule is CCOC(=O)[C@@H]1CCCN(C(=O)c2cc3c(=O)n4cccc(C)c4nc3n2C)C1. The van der Waals surface area contributed by atoms with Crippen LogP contribution in [0.15, 0.2) is 29.2 Å². The van der Waals surface area contributed by atoms with Crippen molar-refractivity contribution < 1.29 is 14.3 Å². The maximum atomic E-state index is 13.2. The Kier molecular flexibility index (Phi) is 4.86. The zero-order valence-corrected chi connectivity index (χ0v) is 16.8. The van der Waals surface area contributed by atoms with Crippen LogP contribution in [0.3, 0.4) is 0 Å². The number of nitrogens with zero attached hydrogens (tertiary/aromatic N) is 4. The number of ether oxygens (including phenoxy) is 1. The molecule has 0 aliphatic carbocycles. The van der Waals surface area contributed by atoms with E-state index in [1.54, 1.807) is 41.8 Å². The van der Waals surface area contributed by atoms with Gasteiger partial charge < -0.3 is 14.2 Å². The summed E-state index contributed by atoms with van der Waals surface area (Å²) in [6.45, 7) is 4.90. The van der Waals surface area contributed by atoms with Gasteiger partial charge in [-0.2, -0.15) is 0 Å². The molecule has 0 N–H and O–H groups in total. The second-order valence-electron chi connectivity index (χ2n) is 7.47. The van der Waals surface area contributed by atoms with Gasteiger partial charge in [-0.05, 0) is 44.4 Å². The highest BCUT2D eigenvalue weighted by Crippen LogP contribution is 2.22. The number of pyridine rings is 1. The number of piperidine rings is 1. The Morgan fingerprint density at radius 2 is 2.10 bits per heavy atom. The highest BCUT2D eigenvalue weighted by Gasteiger charge is 2.31. The first kappa shape index (κ1) is 19.2. The molecule has 3 aromatic heterocycles. The molecule has 152 valence electrons. The van der Waals surface area contributed by atoms with Crippen molar-refractivity contribution in [2.45, 2.75) is 26.7 Å². The minimum Gasteiger partial charge on any atom is -0.466 e. The molecule has 1 atom stereocenters. The maximum Gasteiger partial charge on any atom is 0.310 e. The first-order chi connectivity index (χ1) is 13.9. The number of carbonyl (C=O) groups excluding carboxylic acids is 2. The normalized spacial score (nSPS) is 17.1. The molecule has 0 aromatic carbocycles. The second-order valence-corrected chi connectivity index (χ2v) is 7.47. The van der Waals surface area contributed by atoms with Crippen molar-refractivity contribution in [3.8, 4) is 0 Å². The maximum absolute atomic E-state index is 13.2. The fraction of sp³-hybridized carbons (Fsp3) is 0.429. The molecule has 1 amide bonds. The molecule has 0 radical (unpaired) electrons. The van der Waals surface area contributed by atoms with Crippen molar-refractivity contribution in [1.82, 2.24) is 18.9 Å². The fourth-order valence-electron chi connectivity index (χ4n) is 4.01. The standard InChI is InChI=1S/C21H24N4O4/c1-4-29-21(28)14-8-6-9-24(12-14)20(27)16-11-15-18(23(16)3)22-17-13(2)7-5-10-25(17)19(15)26/h5,7,10-11,14H,4,6,8-9,12H2,1-3H3/t14-/m1/s1. The van der Waals surface area contributed by atoms with E-state index in [4.69, 9.17) is 4.74 Å². The largest absolute Gasteiger partial charge is 0.466 e. The Labute approximate surface area is 167 Å². The molecule has 0 saturated carbocycles. The predicted octanol–water partition coefficient (Wildman–Crippen LogP) is 1.91. The number of rotatable bonds is 3. The average molecular weight is 396 g/mol. The molecule has 8 heteroatoms. The molecule has 0 spiro atoms. The molecule has 29 heavy (non-hydrogen) atoms. The molecule has 1 aliphatic rings. The zero-order chi connectivity index (χ0) is 20.7. The molecule has 4 rings (SSSR count). The first-order valence-corrected chi connectivity index (χ1v) is 9.85. The third-order valence-corrected chi connectivity index (χ3v) is 5.57. The predicted molar refractivity (Wildman–Crippen MR) is 108 cm³/mol. The van der Waals surface area contributed by atoms with E-state index in [1.807, 2.05) is 13.0 Å². The van der Waals surface area contributed by atoms with E-state index in [9.17, 15) is 14.4 Å². The van der Waals surface area contributed by atoms with Gasteiger partial charge in [-0.25, -0.2) is 4.98 Å². The van der Waals surface area contributed by atoms with Crippen molar-refractivity contribution in [3.63, 3.8) is 0 Å². The quantitative estimate of drug-likeness (QED) is 0.632. The smallest absolute Gasteiger partial charge is 0.310 e. The molecule has 1 aliphatic heterocycles. The van der Waals surface area contributed by atoms with Gasteiger partial charge in [0.2, 0.25) is 0 Å². The molecule has 0 bridgehead atoms. The van der Waals surface area contributed by atoms with Crippen molar-refractivity contribution in [2.75, 3.05) is 19.7 Å². The van der Waals surface area contributed by atoms with Crippen LogP contribution in [0.4, 0.5) is 0 Å². The van der Waals surface area contributed by atoms with E-state index in [0.717, 1.165) is 12.0 Å². The number of hydrogen-bond acceptors (Lipinski definition) is 5. The highest BCUT2D eigenvalue weighted by atomic mass is 16.5. The molecule has 3 aromatic rings. The van der Waals surface area contributed by atoms with Gasteiger partial charge in [-0.15, -0.1) is 0 Å². The van der Waals surface area contributed by atoms with Gasteiger partial charge in [0.05, 0.1) is 17.9 Å². The van der Waals surface area contributed by atoms with Crippen LogP contribution in [0.5, 0.6) is 0 Å². The Morgan fingerprint density at radius 3 is 2.86 bits per heavy atom. The number of aryl methyl sites for hydroxylation is 2. The monoisotopic (exact) mass is 396 g/mol. The first-order valence-electron chi connectivity index (χ1n) is 9.85. The summed E-state index contributed by atoms with van der Waals surface area (Å²) in [5.41, 5.74) is 2.13. The van der Waals surface area contributed by atoms with Gasteiger partial charge in [0.15, 0.2) is 0 Å². The molecule has 0 unspecified atom stereocenters. The summed E-state index contributed by atoms with van der Waals surface area (Å²) in [4.78, 5) is 44.6. The van der Waals surface area contributed by atoms with Crippen LogP contribution < -0.4 is 5.56 Å². The number of hydrogen-bond donors (Lipinski definition) is 0. The minimum absolute atomic E-state index is 0.202. The van der Waals surface area contributed by atoms with Crippen molar-refractivity contribution in [1.29, 1.82) is 0 Å². The molecule has 4 heterocycles. The van der Waals surface area contributed by atoms with Crippen LogP contribution in [-0.4, -0.2) is 50.4 Å². The van der Waals surface area contributed by atoms with E-state index in [0.29, 0.717) is 48.5 Å². The number of fused-ring (bicyclic) bond motifs is 2. The lowest BCUT2D eigenvalue weighted by Crippen LogP contribution is -2.43. The summed E-state index contributed by atoms with van der Waals surface area (Å²) in [5.74, 6) is -0.773. The fourth-order valence-corrected chi connectivity index (χ4v) is 4.01. The van der Waals surface area contributed by atoms with E-state index in [1.165, 1.54) is 4.40 Å². The summed E-state index contributed by atoms with van der Waals surface area (Å²) in [7, 11) is 1.74. The minimum atomic E-state index is -0.309. The third kappa shape index (κ3) is 3.18. The van der Waals surface area contributed by atoms with Crippen LogP contribution in [-0.2, 0) is 16.6 Å². The van der Waals surface area contributed by atoms with Gasteiger partial charge in [0, 0.05) is 26.3 Å². The lowest BCUT2D eigenvalue weighted by molar-refractivity contribution is -0.149. The Balaban J connectivity index is 1.73. The summed E-state index contributed by atoms with van der Waals surface area (Å²) < 4.78 is 8.29. The van der Waals surface area contributed by atoms with Crippen LogP contribution in [0, 0.1) is 12.8 Å². The molecule has 1 saturated heterocycles. The third-order valence-electron chi connectivity index (χ3n) is 5.57. The molecular weight excluding hydrogens is 372 g/mol. The van der Waals surface area contributed by atoms with Crippen LogP contribution in [0.2, 0.25) is 0 Å². The lowest BCUT2D eigenvalue weighted by atomic mass is 9.98. The van der Waals surface area contributed by atoms with Gasteiger partial charge in [-0.1, -0.05) is 6.07 Å². The number of amides is 1. The molecule has 8 nitrogen and oxygen atoms in total. The van der Waals surface area contributed by atoms with Crippen LogP contribution in [0.25, 0.3) is 16.7 Å². The van der Waals surface area contributed by atoms with Crippen LogP contribution >= 0.6 is 0 Å². The Bertz CT molecular complexity index is 1180. The zero-order valence-electron chi connectivity index (χ0n) is 16.8. The molecular formula is C21H24N4O4. The highest BCUT2D eigenvalue weighted by molar-refractivity contribution is 5.98. The summed E-state index contributed by atoms with van der Waals surface area (Å²) in [6.07, 6.45) is 3.13. The van der Waals surface area contributed by atoms with Crippen molar-refractivity contribution >= 4 is 28.6 Å². The van der Waals surface area contributed by atoms with Crippen molar-refractivity contribution in [2.24, 2.45) is 13.0 Å². The Morgan fingerprint density at radius 1 is 1.31 bits per heavy atom. The van der Waals surface area contributed by atoms with Crippen LogP contribution in [0.1, 0.15) is 35.8 Å². The summed E-state index contributed by atoms with van der Waals surface area (Å²) in [5, 5.41) is 0.401. The topological polar surface area (TPSA) is 85.9 Å². The van der Waals surface area contributed by atoms with E-state index >= 15 is 0 Å². The number of aromatic nitrogens is 3. The van der Waals surface area contributed by atoms with Gasteiger partial charge in [0.25, 0.3) is 11.5 Å². The number of carbonyl (C=O) groups is 2. The summed E-state index contributed by atoms with van der Waals surface area (Å²) in [6, 6.07) is 5.30. The Hall–Kier alpha value is -3.16. The second kappa shape index (κ2) is 7.35. The van der Waals surface area contributed by atoms with Gasteiger partial charge >= 0.3 is 5.97 Å². The number of likely N-dealkylation sites (tertiary alicyclic amines) is 1.